The normalized spacial score (nSPS) is 12.0. The summed E-state index contributed by atoms with van der Waals surface area (Å²) in [6, 6.07) is 17.9. The molecule has 0 saturated heterocycles. The Hall–Kier alpha value is -2.88. The van der Waals surface area contributed by atoms with E-state index in [9.17, 15) is 13.2 Å². The van der Waals surface area contributed by atoms with Gasteiger partial charge in [0.2, 0.25) is 0 Å². The van der Waals surface area contributed by atoms with Crippen LogP contribution in [0.3, 0.4) is 0 Å². The molecule has 0 amide bonds. The molecule has 0 fully saturated rings. The molecule has 3 aromatic carbocycles. The number of hydrogen-bond donors (Lipinski definition) is 0. The average Bonchev–Trinajstić information content (AvgIpc) is 2.64. The van der Waals surface area contributed by atoms with Gasteiger partial charge in [-0.2, -0.15) is 13.2 Å². The van der Waals surface area contributed by atoms with Crippen LogP contribution in [0.15, 0.2) is 60.8 Å². The third-order valence-corrected chi connectivity index (χ3v) is 5.02. The molecule has 0 bridgehead atoms. The van der Waals surface area contributed by atoms with Crippen molar-refractivity contribution in [3.63, 3.8) is 0 Å². The van der Waals surface area contributed by atoms with Gasteiger partial charge < -0.3 is 0 Å². The maximum absolute atomic E-state index is 12.5. The van der Waals surface area contributed by atoms with E-state index >= 15 is 0 Å². The van der Waals surface area contributed by atoms with E-state index in [4.69, 9.17) is 0 Å². The van der Waals surface area contributed by atoms with Crippen molar-refractivity contribution in [2.24, 2.45) is 0 Å². The quantitative estimate of drug-likeness (QED) is 0.344. The van der Waals surface area contributed by atoms with Crippen molar-refractivity contribution in [2.45, 2.75) is 32.9 Å². The van der Waals surface area contributed by atoms with Gasteiger partial charge in [-0.05, 0) is 60.2 Å². The first kappa shape index (κ1) is 18.5. The summed E-state index contributed by atoms with van der Waals surface area (Å²) in [5.74, 6) is 0. The molecule has 0 aliphatic rings. The van der Waals surface area contributed by atoms with Crippen LogP contribution in [-0.4, -0.2) is 11.2 Å². The molecule has 1 nitrogen and oxygen atoms in total. The first-order chi connectivity index (χ1) is 13.3. The van der Waals surface area contributed by atoms with Crippen molar-refractivity contribution in [1.29, 1.82) is 0 Å². The molecule has 4 rings (SSSR count). The van der Waals surface area contributed by atoms with Crippen molar-refractivity contribution in [3.8, 4) is 11.3 Å². The van der Waals surface area contributed by atoms with Crippen LogP contribution >= 0.6 is 0 Å². The second kappa shape index (κ2) is 6.93. The molecule has 1 aromatic heterocycles. The Balaban J connectivity index is 1.82. The smallest absolute Gasteiger partial charge is 0.256 e. The van der Waals surface area contributed by atoms with Crippen LogP contribution in [0.4, 0.5) is 13.2 Å². The van der Waals surface area contributed by atoms with Gasteiger partial charge >= 0.3 is 6.18 Å². The number of aromatic nitrogens is 1. The van der Waals surface area contributed by atoms with E-state index in [0.717, 1.165) is 32.8 Å². The van der Waals surface area contributed by atoms with E-state index in [1.807, 2.05) is 30.3 Å². The fraction of sp³-hybridized carbons (Fsp3) is 0.208. The van der Waals surface area contributed by atoms with E-state index in [1.54, 1.807) is 12.3 Å². The average molecular weight is 379 g/mol. The number of benzene rings is 3. The summed E-state index contributed by atoms with van der Waals surface area (Å²) in [7, 11) is 0. The maximum Gasteiger partial charge on any atom is 0.389 e. The molecule has 4 aromatic rings. The van der Waals surface area contributed by atoms with E-state index in [0.29, 0.717) is 5.56 Å². The zero-order chi connectivity index (χ0) is 19.9. The molecule has 0 radical (unpaired) electrons. The zero-order valence-corrected chi connectivity index (χ0v) is 15.8. The third kappa shape index (κ3) is 3.72. The van der Waals surface area contributed by atoms with Crippen molar-refractivity contribution in [1.82, 2.24) is 4.98 Å². The first-order valence-corrected chi connectivity index (χ1v) is 9.26. The van der Waals surface area contributed by atoms with Gasteiger partial charge in [0.05, 0.1) is 5.69 Å². The highest BCUT2D eigenvalue weighted by atomic mass is 19.4. The van der Waals surface area contributed by atoms with Crippen LogP contribution in [0, 0.1) is 13.8 Å². The van der Waals surface area contributed by atoms with Crippen LogP contribution in [0.1, 0.15) is 23.1 Å². The first-order valence-electron chi connectivity index (χ1n) is 9.26. The number of halogens is 3. The Morgan fingerprint density at radius 2 is 1.50 bits per heavy atom. The molecule has 28 heavy (non-hydrogen) atoms. The Labute approximate surface area is 161 Å². The predicted molar refractivity (Wildman–Crippen MR) is 109 cm³/mol. The van der Waals surface area contributed by atoms with Crippen LogP contribution in [-0.2, 0) is 6.42 Å². The summed E-state index contributed by atoms with van der Waals surface area (Å²) in [5, 5.41) is 4.08. The Morgan fingerprint density at radius 1 is 0.786 bits per heavy atom. The second-order valence-electron chi connectivity index (χ2n) is 7.37. The molecular weight excluding hydrogens is 359 g/mol. The largest absolute Gasteiger partial charge is 0.389 e. The Kier molecular flexibility index (Phi) is 4.58. The summed E-state index contributed by atoms with van der Waals surface area (Å²) < 4.78 is 37.6. The summed E-state index contributed by atoms with van der Waals surface area (Å²) >= 11 is 0. The summed E-state index contributed by atoms with van der Waals surface area (Å²) in [6.45, 7) is 4.14. The molecule has 0 unspecified atom stereocenters. The van der Waals surface area contributed by atoms with Crippen molar-refractivity contribution in [3.05, 3.63) is 77.5 Å². The highest BCUT2D eigenvalue weighted by molar-refractivity contribution is 6.11. The van der Waals surface area contributed by atoms with E-state index in [2.05, 4.69) is 37.0 Å². The van der Waals surface area contributed by atoms with Gasteiger partial charge in [0, 0.05) is 23.6 Å². The molecule has 0 spiro atoms. The van der Waals surface area contributed by atoms with Crippen molar-refractivity contribution in [2.75, 3.05) is 0 Å². The van der Waals surface area contributed by atoms with Gasteiger partial charge in [-0.15, -0.1) is 0 Å². The lowest BCUT2D eigenvalue weighted by molar-refractivity contribution is -0.133. The van der Waals surface area contributed by atoms with E-state index in [1.165, 1.54) is 11.1 Å². The van der Waals surface area contributed by atoms with Crippen LogP contribution in [0.5, 0.6) is 0 Å². The highest BCUT2D eigenvalue weighted by Crippen LogP contribution is 2.33. The van der Waals surface area contributed by atoms with Crippen LogP contribution in [0.2, 0.25) is 0 Å². The number of hydrogen-bond acceptors (Lipinski definition) is 1. The minimum atomic E-state index is -4.13. The summed E-state index contributed by atoms with van der Waals surface area (Å²) in [4.78, 5) is 4.62. The summed E-state index contributed by atoms with van der Waals surface area (Å²) in [6.07, 6.45) is -3.13. The number of alkyl halides is 3. The van der Waals surface area contributed by atoms with Gasteiger partial charge in [0.1, 0.15) is 0 Å². The van der Waals surface area contributed by atoms with Gasteiger partial charge in [-0.25, -0.2) is 0 Å². The summed E-state index contributed by atoms with van der Waals surface area (Å²) in [5.41, 5.74) is 5.07. The molecule has 142 valence electrons. The van der Waals surface area contributed by atoms with E-state index in [-0.39, 0.29) is 6.42 Å². The second-order valence-corrected chi connectivity index (χ2v) is 7.37. The zero-order valence-electron chi connectivity index (χ0n) is 15.8. The molecule has 0 atom stereocenters. The number of aryl methyl sites for hydroxylation is 3. The van der Waals surface area contributed by atoms with E-state index < -0.39 is 12.6 Å². The fourth-order valence-corrected chi connectivity index (χ4v) is 3.83. The molecule has 0 aliphatic heterocycles. The number of nitrogens with zero attached hydrogens (tertiary/aromatic N) is 1. The number of rotatable bonds is 3. The maximum atomic E-state index is 12.5. The van der Waals surface area contributed by atoms with Gasteiger partial charge in [0.25, 0.3) is 0 Å². The number of fused-ring (bicyclic) bond motifs is 3. The molecule has 1 heterocycles. The Bertz CT molecular complexity index is 1160. The standard InChI is InChI=1S/C24H20F3N/c1-15-11-16(2)13-19(12-15)23-22-6-4-18-14-17(7-9-24(25,26)27)3-5-20(18)21(22)8-10-28-23/h3-6,8,10-14H,7,9H2,1-2H3. The third-order valence-electron chi connectivity index (χ3n) is 5.02. The van der Waals surface area contributed by atoms with Gasteiger partial charge in [-0.3, -0.25) is 4.98 Å². The SMILES string of the molecule is Cc1cc(C)cc(-c2nccc3c2ccc2cc(CCC(F)(F)F)ccc23)c1. The highest BCUT2D eigenvalue weighted by Gasteiger charge is 2.26. The van der Waals surface area contributed by atoms with Gasteiger partial charge in [-0.1, -0.05) is 47.5 Å². The van der Waals surface area contributed by atoms with Crippen LogP contribution < -0.4 is 0 Å². The van der Waals surface area contributed by atoms with Gasteiger partial charge in [0.15, 0.2) is 0 Å². The molecule has 4 heteroatoms. The fourth-order valence-electron chi connectivity index (χ4n) is 3.83. The van der Waals surface area contributed by atoms with Crippen LogP contribution in [0.25, 0.3) is 32.8 Å². The lowest BCUT2D eigenvalue weighted by atomic mass is 9.96. The molecular formula is C24H20F3N. The van der Waals surface area contributed by atoms with Crippen molar-refractivity contribution >= 4 is 21.5 Å². The predicted octanol–water partition coefficient (Wildman–Crippen LogP) is 7.17. The lowest BCUT2D eigenvalue weighted by Crippen LogP contribution is -2.08. The lowest BCUT2D eigenvalue weighted by Gasteiger charge is -2.11. The molecule has 0 aliphatic carbocycles. The topological polar surface area (TPSA) is 12.9 Å². The van der Waals surface area contributed by atoms with Crippen molar-refractivity contribution < 1.29 is 13.2 Å². The molecule has 0 saturated carbocycles. The number of pyridine rings is 1. The Morgan fingerprint density at radius 3 is 2.21 bits per heavy atom. The minimum Gasteiger partial charge on any atom is -0.256 e. The molecule has 0 N–H and O–H groups in total. The monoisotopic (exact) mass is 379 g/mol. The minimum absolute atomic E-state index is 0.00163.